The molecule has 140 valence electrons. The van der Waals surface area contributed by atoms with Crippen LogP contribution >= 0.6 is 15.9 Å². The summed E-state index contributed by atoms with van der Waals surface area (Å²) in [6, 6.07) is 6.87. The summed E-state index contributed by atoms with van der Waals surface area (Å²) in [6.07, 6.45) is 6.52. The molecule has 7 heteroatoms. The van der Waals surface area contributed by atoms with E-state index in [-0.39, 0.29) is 18.5 Å². The first-order valence-corrected chi connectivity index (χ1v) is 9.89. The summed E-state index contributed by atoms with van der Waals surface area (Å²) >= 11 is 3.43. The van der Waals surface area contributed by atoms with Gasteiger partial charge in [0.2, 0.25) is 5.91 Å². The lowest BCUT2D eigenvalue weighted by molar-refractivity contribution is -0.135. The van der Waals surface area contributed by atoms with Crippen LogP contribution in [0.3, 0.4) is 0 Å². The van der Waals surface area contributed by atoms with Crippen LogP contribution in [0.2, 0.25) is 0 Å². The van der Waals surface area contributed by atoms with Crippen molar-refractivity contribution < 1.29 is 14.4 Å². The zero-order chi connectivity index (χ0) is 18.7. The minimum absolute atomic E-state index is 0.139. The molecular weight excluding hydrogens is 398 g/mol. The maximum atomic E-state index is 12.9. The number of urea groups is 1. The summed E-state index contributed by atoms with van der Waals surface area (Å²) in [5.41, 5.74) is -0.509. The number of imide groups is 1. The fourth-order valence-electron chi connectivity index (χ4n) is 3.73. The highest BCUT2D eigenvalue weighted by molar-refractivity contribution is 9.10. The third kappa shape index (κ3) is 3.77. The Morgan fingerprint density at radius 1 is 1.23 bits per heavy atom. The average Bonchev–Trinajstić information content (AvgIpc) is 2.79. The SMILES string of the molecule is CC1(c2ccccc2Br)NC(=O)N(CC(=O)NC2CCCCCC2)C1=O. The number of nitrogens with one attached hydrogen (secondary N) is 2. The van der Waals surface area contributed by atoms with Gasteiger partial charge in [0.05, 0.1) is 0 Å². The van der Waals surface area contributed by atoms with Crippen LogP contribution in [0, 0.1) is 0 Å². The van der Waals surface area contributed by atoms with Crippen LogP contribution in [-0.2, 0) is 15.1 Å². The number of nitrogens with zero attached hydrogens (tertiary/aromatic N) is 1. The van der Waals surface area contributed by atoms with Gasteiger partial charge < -0.3 is 10.6 Å². The quantitative estimate of drug-likeness (QED) is 0.579. The Balaban J connectivity index is 1.69. The van der Waals surface area contributed by atoms with Gasteiger partial charge in [-0.25, -0.2) is 4.79 Å². The summed E-state index contributed by atoms with van der Waals surface area (Å²) in [5.74, 6) is -0.692. The summed E-state index contributed by atoms with van der Waals surface area (Å²) in [4.78, 5) is 38.7. The van der Waals surface area contributed by atoms with Crippen LogP contribution in [0.5, 0.6) is 0 Å². The second kappa shape index (κ2) is 7.78. The molecule has 0 radical (unpaired) electrons. The van der Waals surface area contributed by atoms with Gasteiger partial charge in [-0.2, -0.15) is 0 Å². The molecular formula is C19H24BrN3O3. The molecule has 1 aliphatic heterocycles. The molecule has 2 N–H and O–H groups in total. The Bertz CT molecular complexity index is 716. The number of carbonyl (C=O) groups excluding carboxylic acids is 3. The van der Waals surface area contributed by atoms with E-state index in [1.54, 1.807) is 13.0 Å². The third-order valence-electron chi connectivity index (χ3n) is 5.21. The number of hydrogen-bond donors (Lipinski definition) is 2. The van der Waals surface area contributed by atoms with Crippen molar-refractivity contribution in [2.75, 3.05) is 6.54 Å². The molecule has 1 atom stereocenters. The van der Waals surface area contributed by atoms with Gasteiger partial charge in [0.25, 0.3) is 5.91 Å². The molecule has 1 heterocycles. The van der Waals surface area contributed by atoms with Gasteiger partial charge in [-0.3, -0.25) is 14.5 Å². The van der Waals surface area contributed by atoms with E-state index in [2.05, 4.69) is 26.6 Å². The molecule has 1 aromatic rings. The monoisotopic (exact) mass is 421 g/mol. The lowest BCUT2D eigenvalue weighted by Crippen LogP contribution is -2.45. The summed E-state index contributed by atoms with van der Waals surface area (Å²) in [6.45, 7) is 1.41. The second-order valence-electron chi connectivity index (χ2n) is 7.18. The zero-order valence-corrected chi connectivity index (χ0v) is 16.5. The van der Waals surface area contributed by atoms with Crippen molar-refractivity contribution in [3.05, 3.63) is 34.3 Å². The van der Waals surface area contributed by atoms with Gasteiger partial charge in [-0.05, 0) is 25.8 Å². The van der Waals surface area contributed by atoms with Gasteiger partial charge in [-0.1, -0.05) is 59.8 Å². The van der Waals surface area contributed by atoms with Crippen molar-refractivity contribution in [3.8, 4) is 0 Å². The van der Waals surface area contributed by atoms with E-state index in [9.17, 15) is 14.4 Å². The van der Waals surface area contributed by atoms with Crippen molar-refractivity contribution in [1.82, 2.24) is 15.5 Å². The summed E-state index contributed by atoms with van der Waals surface area (Å²) in [7, 11) is 0. The third-order valence-corrected chi connectivity index (χ3v) is 5.90. The van der Waals surface area contributed by atoms with Crippen LogP contribution in [-0.4, -0.2) is 35.3 Å². The zero-order valence-electron chi connectivity index (χ0n) is 14.9. The summed E-state index contributed by atoms with van der Waals surface area (Å²) < 4.78 is 0.737. The molecule has 1 aromatic carbocycles. The minimum atomic E-state index is -1.18. The number of benzene rings is 1. The second-order valence-corrected chi connectivity index (χ2v) is 8.04. The van der Waals surface area contributed by atoms with Crippen molar-refractivity contribution in [1.29, 1.82) is 0 Å². The van der Waals surface area contributed by atoms with Crippen LogP contribution < -0.4 is 10.6 Å². The number of halogens is 1. The number of rotatable bonds is 4. The summed E-state index contributed by atoms with van der Waals surface area (Å²) in [5, 5.41) is 5.72. The molecule has 3 rings (SSSR count). The Morgan fingerprint density at radius 2 is 1.88 bits per heavy atom. The topological polar surface area (TPSA) is 78.5 Å². The van der Waals surface area contributed by atoms with Crippen molar-refractivity contribution in [3.63, 3.8) is 0 Å². The average molecular weight is 422 g/mol. The van der Waals surface area contributed by atoms with Gasteiger partial charge in [0.1, 0.15) is 12.1 Å². The van der Waals surface area contributed by atoms with E-state index in [0.29, 0.717) is 5.56 Å². The molecule has 2 fully saturated rings. The maximum Gasteiger partial charge on any atom is 0.325 e. The van der Waals surface area contributed by atoms with E-state index < -0.39 is 17.5 Å². The van der Waals surface area contributed by atoms with E-state index in [1.807, 2.05) is 18.2 Å². The largest absolute Gasteiger partial charge is 0.352 e. The molecule has 2 aliphatic rings. The maximum absolute atomic E-state index is 12.9. The van der Waals surface area contributed by atoms with Crippen LogP contribution in [0.4, 0.5) is 4.79 Å². The molecule has 4 amide bonds. The van der Waals surface area contributed by atoms with E-state index >= 15 is 0 Å². The Morgan fingerprint density at radius 3 is 2.54 bits per heavy atom. The Hall–Kier alpha value is -1.89. The van der Waals surface area contributed by atoms with Gasteiger partial charge in [0.15, 0.2) is 0 Å². The van der Waals surface area contributed by atoms with Gasteiger partial charge >= 0.3 is 6.03 Å². The molecule has 0 bridgehead atoms. The predicted molar refractivity (Wildman–Crippen MR) is 101 cm³/mol. The molecule has 1 saturated heterocycles. The van der Waals surface area contributed by atoms with Crippen LogP contribution in [0.25, 0.3) is 0 Å². The molecule has 0 spiro atoms. The molecule has 1 saturated carbocycles. The van der Waals surface area contributed by atoms with E-state index in [0.717, 1.165) is 35.1 Å². The van der Waals surface area contributed by atoms with Gasteiger partial charge in [0, 0.05) is 16.1 Å². The van der Waals surface area contributed by atoms with E-state index in [1.165, 1.54) is 12.8 Å². The number of carbonyl (C=O) groups is 3. The lowest BCUT2D eigenvalue weighted by atomic mass is 9.92. The normalized spacial score (nSPS) is 24.3. The van der Waals surface area contributed by atoms with Crippen LogP contribution in [0.15, 0.2) is 28.7 Å². The van der Waals surface area contributed by atoms with Crippen molar-refractivity contribution in [2.45, 2.75) is 57.0 Å². The Labute approximate surface area is 161 Å². The highest BCUT2D eigenvalue weighted by Gasteiger charge is 2.50. The first kappa shape index (κ1) is 18.9. The fourth-order valence-corrected chi connectivity index (χ4v) is 4.41. The highest BCUT2D eigenvalue weighted by atomic mass is 79.9. The molecule has 1 unspecified atom stereocenters. The Kier molecular flexibility index (Phi) is 5.65. The highest BCUT2D eigenvalue weighted by Crippen LogP contribution is 2.33. The molecule has 26 heavy (non-hydrogen) atoms. The molecule has 1 aliphatic carbocycles. The number of amides is 4. The van der Waals surface area contributed by atoms with Crippen LogP contribution in [0.1, 0.15) is 51.0 Å². The molecule has 6 nitrogen and oxygen atoms in total. The van der Waals surface area contributed by atoms with Crippen molar-refractivity contribution >= 4 is 33.8 Å². The standard InChI is InChI=1S/C19H24BrN3O3/c1-19(14-10-6-7-11-15(14)20)17(25)23(18(26)22-19)12-16(24)21-13-8-4-2-3-5-9-13/h6-7,10-11,13H,2-5,8-9,12H2,1H3,(H,21,24)(H,22,26). The van der Waals surface area contributed by atoms with Gasteiger partial charge in [-0.15, -0.1) is 0 Å². The fraction of sp³-hybridized carbons (Fsp3) is 0.526. The molecule has 0 aromatic heterocycles. The first-order valence-electron chi connectivity index (χ1n) is 9.10. The first-order chi connectivity index (χ1) is 12.4. The smallest absolute Gasteiger partial charge is 0.325 e. The minimum Gasteiger partial charge on any atom is -0.352 e. The number of hydrogen-bond acceptors (Lipinski definition) is 3. The van der Waals surface area contributed by atoms with E-state index in [4.69, 9.17) is 0 Å². The lowest BCUT2D eigenvalue weighted by Gasteiger charge is -2.23. The van der Waals surface area contributed by atoms with Crippen molar-refractivity contribution in [2.24, 2.45) is 0 Å². The predicted octanol–water partition coefficient (Wildman–Crippen LogP) is 3.06.